The van der Waals surface area contributed by atoms with Gasteiger partial charge in [0, 0.05) is 44.9 Å². The summed E-state index contributed by atoms with van der Waals surface area (Å²) in [4.78, 5) is 5.95. The second kappa shape index (κ2) is 11.9. The van der Waals surface area contributed by atoms with Crippen LogP contribution in [0.4, 0.5) is 0 Å². The van der Waals surface area contributed by atoms with Crippen LogP contribution in [0.2, 0.25) is 0 Å². The zero-order chi connectivity index (χ0) is 20.3. The van der Waals surface area contributed by atoms with Gasteiger partial charge >= 0.3 is 0 Å². The third-order valence-electron chi connectivity index (χ3n) is 5.02. The van der Waals surface area contributed by atoms with E-state index in [0.717, 1.165) is 76.4 Å². The van der Waals surface area contributed by atoms with Crippen molar-refractivity contribution < 1.29 is 9.47 Å². The van der Waals surface area contributed by atoms with E-state index in [0.29, 0.717) is 12.5 Å². The third kappa shape index (κ3) is 7.41. The van der Waals surface area contributed by atoms with Gasteiger partial charge in [0.15, 0.2) is 11.8 Å². The predicted octanol–water partition coefficient (Wildman–Crippen LogP) is 2.25. The third-order valence-corrected chi connectivity index (χ3v) is 5.90. The number of hydrogen-bond donors (Lipinski definition) is 2. The fraction of sp³-hybridized carbons (Fsp3) is 0.650. The topological polar surface area (TPSA) is 85.6 Å². The average molecular weight is 421 g/mol. The molecule has 2 N–H and O–H groups in total. The number of nitrogens with zero attached hydrogens (tertiary/aromatic N) is 4. The molecule has 1 fully saturated rings. The summed E-state index contributed by atoms with van der Waals surface area (Å²) in [5.74, 6) is 3.16. The van der Waals surface area contributed by atoms with Gasteiger partial charge in [-0.15, -0.1) is 21.5 Å². The SMILES string of the molecule is Cc1nnc(CN=C(NCCCOCC2CCOCC2)NCc2cccs2)n1C. The summed E-state index contributed by atoms with van der Waals surface area (Å²) in [5, 5.41) is 17.2. The molecular formula is C20H32N6O2S. The Hall–Kier alpha value is -1.97. The van der Waals surface area contributed by atoms with Gasteiger partial charge in [-0.1, -0.05) is 6.07 Å². The molecule has 0 aromatic carbocycles. The van der Waals surface area contributed by atoms with Crippen molar-refractivity contribution in [2.24, 2.45) is 18.0 Å². The van der Waals surface area contributed by atoms with Gasteiger partial charge < -0.3 is 24.7 Å². The van der Waals surface area contributed by atoms with E-state index in [1.807, 2.05) is 18.5 Å². The molecule has 2 aromatic heterocycles. The van der Waals surface area contributed by atoms with Crippen LogP contribution in [0, 0.1) is 12.8 Å². The van der Waals surface area contributed by atoms with Crippen LogP contribution in [-0.2, 0) is 29.6 Å². The lowest BCUT2D eigenvalue weighted by Crippen LogP contribution is -2.37. The Labute approximate surface area is 176 Å². The molecule has 9 heteroatoms. The first kappa shape index (κ1) is 21.7. The van der Waals surface area contributed by atoms with Gasteiger partial charge in [-0.05, 0) is 43.6 Å². The Balaban J connectivity index is 1.41. The van der Waals surface area contributed by atoms with Crippen LogP contribution in [0.5, 0.6) is 0 Å². The molecular weight excluding hydrogens is 388 g/mol. The van der Waals surface area contributed by atoms with E-state index in [-0.39, 0.29) is 0 Å². The van der Waals surface area contributed by atoms with Gasteiger partial charge in [0.2, 0.25) is 0 Å². The van der Waals surface area contributed by atoms with Crippen LogP contribution in [0.1, 0.15) is 35.8 Å². The highest BCUT2D eigenvalue weighted by molar-refractivity contribution is 7.09. The number of nitrogens with one attached hydrogen (secondary N) is 2. The van der Waals surface area contributed by atoms with E-state index in [2.05, 4.69) is 43.3 Å². The second-order valence-electron chi connectivity index (χ2n) is 7.23. The number of aryl methyl sites for hydroxylation is 1. The molecule has 0 atom stereocenters. The maximum absolute atomic E-state index is 5.85. The molecule has 2 aromatic rings. The highest BCUT2D eigenvalue weighted by Crippen LogP contribution is 2.14. The smallest absolute Gasteiger partial charge is 0.192 e. The van der Waals surface area contributed by atoms with Crippen molar-refractivity contribution in [3.05, 3.63) is 34.0 Å². The van der Waals surface area contributed by atoms with Gasteiger partial charge in [-0.2, -0.15) is 0 Å². The fourth-order valence-electron chi connectivity index (χ4n) is 3.04. The van der Waals surface area contributed by atoms with Gasteiger partial charge in [0.25, 0.3) is 0 Å². The molecule has 3 rings (SSSR count). The summed E-state index contributed by atoms with van der Waals surface area (Å²) in [6.07, 6.45) is 3.17. The van der Waals surface area contributed by atoms with E-state index < -0.39 is 0 Å². The summed E-state index contributed by atoms with van der Waals surface area (Å²) < 4.78 is 13.2. The Kier molecular flexibility index (Phi) is 8.91. The zero-order valence-corrected chi connectivity index (χ0v) is 18.2. The number of ether oxygens (including phenoxy) is 2. The molecule has 1 aliphatic heterocycles. The molecule has 0 unspecified atom stereocenters. The Morgan fingerprint density at radius 1 is 1.34 bits per heavy atom. The van der Waals surface area contributed by atoms with Crippen molar-refractivity contribution in [1.29, 1.82) is 0 Å². The molecule has 3 heterocycles. The highest BCUT2D eigenvalue weighted by atomic mass is 32.1. The molecule has 0 aliphatic carbocycles. The Morgan fingerprint density at radius 3 is 2.93 bits per heavy atom. The zero-order valence-electron chi connectivity index (χ0n) is 17.4. The van der Waals surface area contributed by atoms with E-state index in [4.69, 9.17) is 9.47 Å². The Bertz CT molecular complexity index is 740. The molecule has 160 valence electrons. The molecule has 1 aliphatic rings. The Morgan fingerprint density at radius 2 is 2.21 bits per heavy atom. The molecule has 0 saturated carbocycles. The van der Waals surface area contributed by atoms with E-state index >= 15 is 0 Å². The predicted molar refractivity (Wildman–Crippen MR) is 115 cm³/mol. The van der Waals surface area contributed by atoms with Crippen molar-refractivity contribution in [1.82, 2.24) is 25.4 Å². The minimum atomic E-state index is 0.483. The first-order valence-corrected chi connectivity index (χ1v) is 11.1. The first-order chi connectivity index (χ1) is 14.2. The quantitative estimate of drug-likeness (QED) is 0.348. The van der Waals surface area contributed by atoms with Crippen molar-refractivity contribution in [2.75, 3.05) is 33.0 Å². The van der Waals surface area contributed by atoms with Crippen LogP contribution < -0.4 is 10.6 Å². The second-order valence-corrected chi connectivity index (χ2v) is 8.26. The molecule has 29 heavy (non-hydrogen) atoms. The number of hydrogen-bond acceptors (Lipinski definition) is 6. The first-order valence-electron chi connectivity index (χ1n) is 10.3. The molecule has 0 radical (unpaired) electrons. The summed E-state index contributed by atoms with van der Waals surface area (Å²) in [7, 11) is 1.96. The normalized spacial score (nSPS) is 15.6. The lowest BCUT2D eigenvalue weighted by Gasteiger charge is -2.21. The molecule has 0 spiro atoms. The molecule has 0 bridgehead atoms. The summed E-state index contributed by atoms with van der Waals surface area (Å²) in [5.41, 5.74) is 0. The maximum atomic E-state index is 5.85. The minimum absolute atomic E-state index is 0.483. The minimum Gasteiger partial charge on any atom is -0.381 e. The van der Waals surface area contributed by atoms with Gasteiger partial charge in [0.1, 0.15) is 12.4 Å². The fourth-order valence-corrected chi connectivity index (χ4v) is 3.69. The molecule has 0 amide bonds. The van der Waals surface area contributed by atoms with Crippen molar-refractivity contribution in [3.63, 3.8) is 0 Å². The van der Waals surface area contributed by atoms with Crippen molar-refractivity contribution in [2.45, 2.75) is 39.3 Å². The standard InChI is InChI=1S/C20H32N6O2S/c1-16-24-25-19(26(16)2)14-23-20(22-13-18-5-3-12-29-18)21-8-4-9-28-15-17-6-10-27-11-7-17/h3,5,12,17H,4,6-11,13-15H2,1-2H3,(H2,21,22,23). The van der Waals surface area contributed by atoms with Crippen LogP contribution in [0.3, 0.4) is 0 Å². The summed E-state index contributed by atoms with van der Waals surface area (Å²) in [6.45, 7) is 7.32. The maximum Gasteiger partial charge on any atom is 0.192 e. The summed E-state index contributed by atoms with van der Waals surface area (Å²) in [6, 6.07) is 4.18. The van der Waals surface area contributed by atoms with Gasteiger partial charge in [-0.25, -0.2) is 4.99 Å². The van der Waals surface area contributed by atoms with Gasteiger partial charge in [0.05, 0.1) is 6.54 Å². The van der Waals surface area contributed by atoms with E-state index in [9.17, 15) is 0 Å². The number of aliphatic imine (C=N–C) groups is 1. The van der Waals surface area contributed by atoms with E-state index in [1.54, 1.807) is 11.3 Å². The van der Waals surface area contributed by atoms with E-state index in [1.165, 1.54) is 4.88 Å². The van der Waals surface area contributed by atoms with Crippen LogP contribution >= 0.6 is 11.3 Å². The summed E-state index contributed by atoms with van der Waals surface area (Å²) >= 11 is 1.73. The number of rotatable bonds is 10. The van der Waals surface area contributed by atoms with Crippen LogP contribution in [-0.4, -0.2) is 53.7 Å². The lowest BCUT2D eigenvalue weighted by atomic mass is 10.0. The monoisotopic (exact) mass is 420 g/mol. The van der Waals surface area contributed by atoms with Gasteiger partial charge in [-0.3, -0.25) is 0 Å². The largest absolute Gasteiger partial charge is 0.381 e. The van der Waals surface area contributed by atoms with Crippen LogP contribution in [0.15, 0.2) is 22.5 Å². The molecule has 8 nitrogen and oxygen atoms in total. The highest BCUT2D eigenvalue weighted by Gasteiger charge is 2.13. The lowest BCUT2D eigenvalue weighted by molar-refractivity contribution is 0.0203. The molecule has 1 saturated heterocycles. The number of aromatic nitrogens is 3. The van der Waals surface area contributed by atoms with Crippen molar-refractivity contribution >= 4 is 17.3 Å². The van der Waals surface area contributed by atoms with Crippen LogP contribution in [0.25, 0.3) is 0 Å². The number of thiophene rings is 1. The average Bonchev–Trinajstić information content (AvgIpc) is 3.37. The number of guanidine groups is 1. The van der Waals surface area contributed by atoms with Crippen molar-refractivity contribution in [3.8, 4) is 0 Å².